The molecule has 1 aromatic carbocycles. The first-order chi connectivity index (χ1) is 8.13. The lowest BCUT2D eigenvalue weighted by Crippen LogP contribution is -1.95. The van der Waals surface area contributed by atoms with E-state index in [9.17, 15) is 0 Å². The maximum absolute atomic E-state index is 5.58. The molecule has 0 unspecified atom stereocenters. The smallest absolute Gasteiger partial charge is 0.131 e. The van der Waals surface area contributed by atoms with Crippen LogP contribution in [0.1, 0.15) is 30.3 Å². The number of nitrogens with zero attached hydrogens (tertiary/aromatic N) is 1. The van der Waals surface area contributed by atoms with Crippen LogP contribution in [0.15, 0.2) is 24.4 Å². The van der Waals surface area contributed by atoms with E-state index < -0.39 is 0 Å². The molecule has 0 saturated carbocycles. The van der Waals surface area contributed by atoms with E-state index in [0.29, 0.717) is 5.92 Å². The van der Waals surface area contributed by atoms with Crippen molar-refractivity contribution in [2.75, 3.05) is 7.11 Å². The van der Waals surface area contributed by atoms with Crippen LogP contribution in [0.4, 0.5) is 0 Å². The zero-order valence-electron chi connectivity index (χ0n) is 10.7. The van der Waals surface area contributed by atoms with Crippen LogP contribution >= 0.6 is 11.3 Å². The SMILES string of the molecule is COc1c(-c2cnc(C)s2)cccc1C(C)C. The Balaban J connectivity index is 2.58. The van der Waals surface area contributed by atoms with E-state index in [0.717, 1.165) is 16.3 Å². The van der Waals surface area contributed by atoms with Crippen LogP contribution < -0.4 is 4.74 Å². The molecule has 2 rings (SSSR count). The molecular weight excluding hydrogens is 230 g/mol. The molecule has 90 valence electrons. The van der Waals surface area contributed by atoms with Gasteiger partial charge in [0.15, 0.2) is 0 Å². The number of benzene rings is 1. The van der Waals surface area contributed by atoms with E-state index in [1.165, 1.54) is 10.4 Å². The second-order valence-electron chi connectivity index (χ2n) is 4.33. The van der Waals surface area contributed by atoms with Gasteiger partial charge in [0.05, 0.1) is 17.0 Å². The summed E-state index contributed by atoms with van der Waals surface area (Å²) in [5.41, 5.74) is 2.39. The lowest BCUT2D eigenvalue weighted by atomic mass is 9.98. The van der Waals surface area contributed by atoms with Crippen molar-refractivity contribution < 1.29 is 4.74 Å². The molecule has 0 bridgehead atoms. The molecule has 0 atom stereocenters. The summed E-state index contributed by atoms with van der Waals surface area (Å²) in [5, 5.41) is 1.08. The zero-order valence-corrected chi connectivity index (χ0v) is 11.5. The fourth-order valence-electron chi connectivity index (χ4n) is 1.92. The Labute approximate surface area is 106 Å². The highest BCUT2D eigenvalue weighted by Gasteiger charge is 2.14. The van der Waals surface area contributed by atoms with Gasteiger partial charge in [0.1, 0.15) is 5.75 Å². The molecule has 1 aromatic heterocycles. The number of aromatic nitrogens is 1. The third kappa shape index (κ3) is 2.34. The van der Waals surface area contributed by atoms with Crippen molar-refractivity contribution in [1.82, 2.24) is 4.98 Å². The van der Waals surface area contributed by atoms with Crippen molar-refractivity contribution >= 4 is 11.3 Å². The molecule has 0 aliphatic carbocycles. The Morgan fingerprint density at radius 3 is 2.59 bits per heavy atom. The van der Waals surface area contributed by atoms with Crippen molar-refractivity contribution in [3.8, 4) is 16.2 Å². The van der Waals surface area contributed by atoms with Gasteiger partial charge >= 0.3 is 0 Å². The van der Waals surface area contributed by atoms with Gasteiger partial charge in [-0.15, -0.1) is 11.3 Å². The number of methoxy groups -OCH3 is 1. The Kier molecular flexibility index (Phi) is 3.48. The summed E-state index contributed by atoms with van der Waals surface area (Å²) < 4.78 is 5.58. The number of hydrogen-bond donors (Lipinski definition) is 0. The van der Waals surface area contributed by atoms with Crippen LogP contribution in [0.5, 0.6) is 5.75 Å². The lowest BCUT2D eigenvalue weighted by Gasteiger charge is -2.14. The predicted octanol–water partition coefficient (Wildman–Crippen LogP) is 4.25. The van der Waals surface area contributed by atoms with Crippen LogP contribution in [0.25, 0.3) is 10.4 Å². The molecule has 0 amide bonds. The molecule has 2 nitrogen and oxygen atoms in total. The van der Waals surface area contributed by atoms with Crippen molar-refractivity contribution in [1.29, 1.82) is 0 Å². The average Bonchev–Trinajstić information content (AvgIpc) is 2.74. The molecule has 17 heavy (non-hydrogen) atoms. The first-order valence-corrected chi connectivity index (χ1v) is 6.54. The summed E-state index contributed by atoms with van der Waals surface area (Å²) in [7, 11) is 1.73. The summed E-state index contributed by atoms with van der Waals surface area (Å²) in [6.45, 7) is 6.38. The monoisotopic (exact) mass is 247 g/mol. The van der Waals surface area contributed by atoms with Crippen LogP contribution in [0.2, 0.25) is 0 Å². The van der Waals surface area contributed by atoms with Crippen LogP contribution in [-0.4, -0.2) is 12.1 Å². The van der Waals surface area contributed by atoms with Crippen molar-refractivity contribution in [3.63, 3.8) is 0 Å². The number of rotatable bonds is 3. The van der Waals surface area contributed by atoms with Gasteiger partial charge in [-0.05, 0) is 24.5 Å². The maximum Gasteiger partial charge on any atom is 0.131 e. The van der Waals surface area contributed by atoms with Gasteiger partial charge in [-0.1, -0.05) is 26.0 Å². The van der Waals surface area contributed by atoms with E-state index in [1.54, 1.807) is 18.4 Å². The van der Waals surface area contributed by atoms with Crippen molar-refractivity contribution in [2.24, 2.45) is 0 Å². The number of aryl methyl sites for hydroxylation is 1. The molecule has 0 fully saturated rings. The minimum absolute atomic E-state index is 0.457. The minimum atomic E-state index is 0.457. The second-order valence-corrected chi connectivity index (χ2v) is 5.56. The van der Waals surface area contributed by atoms with E-state index >= 15 is 0 Å². The van der Waals surface area contributed by atoms with Gasteiger partial charge in [-0.25, -0.2) is 4.98 Å². The molecule has 0 spiro atoms. The number of thiazole rings is 1. The summed E-state index contributed by atoms with van der Waals surface area (Å²) in [6.07, 6.45) is 1.92. The molecule has 0 saturated heterocycles. The summed E-state index contributed by atoms with van der Waals surface area (Å²) in [6, 6.07) is 6.31. The van der Waals surface area contributed by atoms with Gasteiger partial charge in [0, 0.05) is 11.8 Å². The Bertz CT molecular complexity index is 517. The third-order valence-electron chi connectivity index (χ3n) is 2.76. The average molecular weight is 247 g/mol. The Morgan fingerprint density at radius 2 is 2.06 bits per heavy atom. The minimum Gasteiger partial charge on any atom is -0.496 e. The highest BCUT2D eigenvalue weighted by molar-refractivity contribution is 7.15. The molecular formula is C14H17NOS. The zero-order chi connectivity index (χ0) is 12.4. The summed E-state index contributed by atoms with van der Waals surface area (Å²) in [5.74, 6) is 1.44. The van der Waals surface area contributed by atoms with Crippen LogP contribution in [0, 0.1) is 6.92 Å². The van der Waals surface area contributed by atoms with Gasteiger partial charge in [0.2, 0.25) is 0 Å². The van der Waals surface area contributed by atoms with Crippen LogP contribution in [-0.2, 0) is 0 Å². The Morgan fingerprint density at radius 1 is 1.29 bits per heavy atom. The van der Waals surface area contributed by atoms with Gasteiger partial charge in [0.25, 0.3) is 0 Å². The fourth-order valence-corrected chi connectivity index (χ4v) is 2.72. The normalized spacial score (nSPS) is 10.9. The molecule has 0 aliphatic heterocycles. The second kappa shape index (κ2) is 4.88. The van der Waals surface area contributed by atoms with E-state index in [2.05, 4.69) is 37.0 Å². The highest BCUT2D eigenvalue weighted by Crippen LogP contribution is 2.38. The number of para-hydroxylation sites is 1. The maximum atomic E-state index is 5.58. The number of ether oxygens (including phenoxy) is 1. The lowest BCUT2D eigenvalue weighted by molar-refractivity contribution is 0.409. The van der Waals surface area contributed by atoms with E-state index in [-0.39, 0.29) is 0 Å². The molecule has 3 heteroatoms. The molecule has 0 radical (unpaired) electrons. The standard InChI is InChI=1S/C14H17NOS/c1-9(2)11-6-5-7-12(14(11)16-4)13-8-15-10(3)17-13/h5-9H,1-4H3. The molecule has 2 aromatic rings. The predicted molar refractivity (Wildman–Crippen MR) is 72.9 cm³/mol. The quantitative estimate of drug-likeness (QED) is 0.809. The largest absolute Gasteiger partial charge is 0.496 e. The van der Waals surface area contributed by atoms with Gasteiger partial charge in [-0.3, -0.25) is 0 Å². The molecule has 0 N–H and O–H groups in total. The first kappa shape index (κ1) is 12.1. The fraction of sp³-hybridized carbons (Fsp3) is 0.357. The third-order valence-corrected chi connectivity index (χ3v) is 3.70. The first-order valence-electron chi connectivity index (χ1n) is 5.73. The molecule has 0 aliphatic rings. The molecule has 1 heterocycles. The Hall–Kier alpha value is -1.35. The van der Waals surface area contributed by atoms with E-state index in [4.69, 9.17) is 4.74 Å². The highest BCUT2D eigenvalue weighted by atomic mass is 32.1. The summed E-state index contributed by atoms with van der Waals surface area (Å²) >= 11 is 1.70. The van der Waals surface area contributed by atoms with E-state index in [1.807, 2.05) is 13.1 Å². The number of hydrogen-bond acceptors (Lipinski definition) is 3. The van der Waals surface area contributed by atoms with Gasteiger partial charge in [-0.2, -0.15) is 0 Å². The van der Waals surface area contributed by atoms with Crippen LogP contribution in [0.3, 0.4) is 0 Å². The van der Waals surface area contributed by atoms with Gasteiger partial charge < -0.3 is 4.74 Å². The van der Waals surface area contributed by atoms with Crippen molar-refractivity contribution in [3.05, 3.63) is 35.0 Å². The summed E-state index contributed by atoms with van der Waals surface area (Å²) in [4.78, 5) is 5.47. The van der Waals surface area contributed by atoms with Crippen molar-refractivity contribution in [2.45, 2.75) is 26.7 Å². The topological polar surface area (TPSA) is 22.1 Å².